The minimum atomic E-state index is -0.853. The molecule has 1 amide bonds. The highest BCUT2D eigenvalue weighted by Crippen LogP contribution is 2.30. The summed E-state index contributed by atoms with van der Waals surface area (Å²) in [5.41, 5.74) is -0.466. The van der Waals surface area contributed by atoms with Crippen LogP contribution in [0.4, 0.5) is 0 Å². The van der Waals surface area contributed by atoms with Crippen molar-refractivity contribution < 1.29 is 14.7 Å². The molecule has 0 spiro atoms. The van der Waals surface area contributed by atoms with Gasteiger partial charge in [0.25, 0.3) is 5.91 Å². The van der Waals surface area contributed by atoms with Gasteiger partial charge in [-0.15, -0.1) is 0 Å². The van der Waals surface area contributed by atoms with E-state index in [-0.39, 0.29) is 12.5 Å². The number of aromatic nitrogens is 1. The number of hydrogen-bond donors (Lipinski definition) is 1. The Hall–Kier alpha value is -1.91. The van der Waals surface area contributed by atoms with Gasteiger partial charge in [-0.05, 0) is 25.5 Å². The van der Waals surface area contributed by atoms with Crippen molar-refractivity contribution in [3.8, 4) is 0 Å². The molecule has 1 aliphatic heterocycles. The molecule has 90 valence electrons. The predicted octanol–water partition coefficient (Wildman–Crippen LogP) is 1.02. The molecule has 0 aromatic carbocycles. The van der Waals surface area contributed by atoms with Crippen LogP contribution >= 0.6 is 0 Å². The number of pyridine rings is 1. The van der Waals surface area contributed by atoms with E-state index in [0.717, 1.165) is 0 Å². The van der Waals surface area contributed by atoms with E-state index in [1.807, 2.05) is 0 Å². The van der Waals surface area contributed by atoms with Crippen molar-refractivity contribution in [2.24, 2.45) is 5.41 Å². The fourth-order valence-corrected chi connectivity index (χ4v) is 1.96. The first kappa shape index (κ1) is 11.6. The van der Waals surface area contributed by atoms with Crippen LogP contribution < -0.4 is 0 Å². The van der Waals surface area contributed by atoms with Gasteiger partial charge in [-0.2, -0.15) is 0 Å². The summed E-state index contributed by atoms with van der Waals surface area (Å²) in [5, 5.41) is 9.09. The van der Waals surface area contributed by atoms with Crippen molar-refractivity contribution in [1.82, 2.24) is 9.88 Å². The average molecular weight is 234 g/mol. The smallest absolute Gasteiger partial charge is 0.311 e. The molecular formula is C12H14N2O3. The monoisotopic (exact) mass is 234 g/mol. The maximum atomic E-state index is 12.0. The van der Waals surface area contributed by atoms with Crippen molar-refractivity contribution in [1.29, 1.82) is 0 Å². The number of rotatable bonds is 2. The lowest BCUT2D eigenvalue weighted by molar-refractivity contribution is -0.147. The molecule has 17 heavy (non-hydrogen) atoms. The lowest BCUT2D eigenvalue weighted by Crippen LogP contribution is -2.35. The van der Waals surface area contributed by atoms with Crippen LogP contribution in [-0.4, -0.2) is 40.0 Å². The minimum Gasteiger partial charge on any atom is -0.481 e. The highest BCUT2D eigenvalue weighted by molar-refractivity contribution is 5.93. The quantitative estimate of drug-likeness (QED) is 0.829. The molecule has 5 heteroatoms. The Balaban J connectivity index is 2.12. The van der Waals surface area contributed by atoms with Crippen molar-refractivity contribution in [3.63, 3.8) is 0 Å². The van der Waals surface area contributed by atoms with Gasteiger partial charge in [0, 0.05) is 19.3 Å². The molecule has 1 fully saturated rings. The van der Waals surface area contributed by atoms with Crippen molar-refractivity contribution in [3.05, 3.63) is 30.1 Å². The molecule has 1 aromatic heterocycles. The third-order valence-electron chi connectivity index (χ3n) is 3.16. The molecule has 0 bridgehead atoms. The number of amides is 1. The summed E-state index contributed by atoms with van der Waals surface area (Å²) in [5.74, 6) is -1.05. The van der Waals surface area contributed by atoms with Gasteiger partial charge in [-0.1, -0.05) is 6.07 Å². The summed E-state index contributed by atoms with van der Waals surface area (Å²) in [6.07, 6.45) is 2.04. The second-order valence-corrected chi connectivity index (χ2v) is 4.56. The first-order valence-corrected chi connectivity index (χ1v) is 5.47. The van der Waals surface area contributed by atoms with Gasteiger partial charge in [0.2, 0.25) is 0 Å². The Morgan fingerprint density at radius 3 is 2.76 bits per heavy atom. The van der Waals surface area contributed by atoms with Gasteiger partial charge in [-0.3, -0.25) is 14.6 Å². The number of carboxylic acids is 1. The molecule has 2 rings (SSSR count). The van der Waals surface area contributed by atoms with Crippen LogP contribution in [0.15, 0.2) is 24.4 Å². The number of likely N-dealkylation sites (tertiary alicyclic amines) is 1. The van der Waals surface area contributed by atoms with Gasteiger partial charge >= 0.3 is 5.97 Å². The Morgan fingerprint density at radius 2 is 2.24 bits per heavy atom. The van der Waals surface area contributed by atoms with Crippen LogP contribution in [0.1, 0.15) is 23.8 Å². The van der Waals surface area contributed by atoms with E-state index in [1.54, 1.807) is 36.2 Å². The second-order valence-electron chi connectivity index (χ2n) is 4.56. The first-order valence-electron chi connectivity index (χ1n) is 5.47. The molecule has 1 atom stereocenters. The van der Waals surface area contributed by atoms with E-state index >= 15 is 0 Å². The molecular weight excluding hydrogens is 220 g/mol. The number of carboxylic acid groups (broad SMARTS) is 1. The Bertz CT molecular complexity index is 446. The molecule has 1 unspecified atom stereocenters. The first-order chi connectivity index (χ1) is 8.03. The largest absolute Gasteiger partial charge is 0.481 e. The zero-order chi connectivity index (χ0) is 12.5. The number of hydrogen-bond acceptors (Lipinski definition) is 3. The average Bonchev–Trinajstić information content (AvgIpc) is 2.74. The van der Waals surface area contributed by atoms with E-state index in [9.17, 15) is 9.59 Å². The van der Waals surface area contributed by atoms with Crippen LogP contribution in [0.2, 0.25) is 0 Å². The van der Waals surface area contributed by atoms with Gasteiger partial charge in [-0.25, -0.2) is 0 Å². The zero-order valence-electron chi connectivity index (χ0n) is 9.59. The lowest BCUT2D eigenvalue weighted by Gasteiger charge is -2.19. The number of nitrogens with zero attached hydrogens (tertiary/aromatic N) is 2. The molecule has 1 aliphatic rings. The SMILES string of the molecule is CC1(C(=O)O)CCN(C(=O)c2ccccn2)C1. The van der Waals surface area contributed by atoms with Crippen LogP contribution in [0.3, 0.4) is 0 Å². The van der Waals surface area contributed by atoms with Crippen molar-refractivity contribution in [2.45, 2.75) is 13.3 Å². The fraction of sp³-hybridized carbons (Fsp3) is 0.417. The van der Waals surface area contributed by atoms with Gasteiger partial charge in [0.05, 0.1) is 5.41 Å². The maximum Gasteiger partial charge on any atom is 0.311 e. The summed E-state index contributed by atoms with van der Waals surface area (Å²) in [6, 6.07) is 5.12. The Morgan fingerprint density at radius 1 is 1.47 bits per heavy atom. The van der Waals surface area contributed by atoms with E-state index < -0.39 is 11.4 Å². The molecule has 0 radical (unpaired) electrons. The highest BCUT2D eigenvalue weighted by Gasteiger charge is 2.42. The maximum absolute atomic E-state index is 12.0. The number of carbonyl (C=O) groups is 2. The van der Waals surface area contributed by atoms with Crippen LogP contribution in [0, 0.1) is 5.41 Å². The molecule has 1 aromatic rings. The number of aliphatic carboxylic acids is 1. The topological polar surface area (TPSA) is 70.5 Å². The fourth-order valence-electron chi connectivity index (χ4n) is 1.96. The van der Waals surface area contributed by atoms with E-state index in [2.05, 4.69) is 4.98 Å². The second kappa shape index (κ2) is 4.16. The summed E-state index contributed by atoms with van der Waals surface area (Å²) < 4.78 is 0. The van der Waals surface area contributed by atoms with Gasteiger partial charge in [0.15, 0.2) is 0 Å². The van der Waals surface area contributed by atoms with Crippen LogP contribution in [0.5, 0.6) is 0 Å². The third-order valence-corrected chi connectivity index (χ3v) is 3.16. The normalized spacial score (nSPS) is 23.7. The zero-order valence-corrected chi connectivity index (χ0v) is 9.59. The van der Waals surface area contributed by atoms with E-state index in [0.29, 0.717) is 18.7 Å². The Kier molecular flexibility index (Phi) is 2.83. The minimum absolute atomic E-state index is 0.199. The van der Waals surface area contributed by atoms with Gasteiger partial charge < -0.3 is 10.0 Å². The van der Waals surface area contributed by atoms with Crippen molar-refractivity contribution in [2.75, 3.05) is 13.1 Å². The summed E-state index contributed by atoms with van der Waals surface area (Å²) in [6.45, 7) is 2.39. The predicted molar refractivity (Wildman–Crippen MR) is 60.5 cm³/mol. The van der Waals surface area contributed by atoms with Crippen LogP contribution in [-0.2, 0) is 4.79 Å². The molecule has 1 N–H and O–H groups in total. The highest BCUT2D eigenvalue weighted by atomic mass is 16.4. The van der Waals surface area contributed by atoms with E-state index in [1.165, 1.54) is 0 Å². The molecule has 5 nitrogen and oxygen atoms in total. The Labute approximate surface area is 99.1 Å². The van der Waals surface area contributed by atoms with Crippen molar-refractivity contribution >= 4 is 11.9 Å². The summed E-state index contributed by atoms with van der Waals surface area (Å²) in [7, 11) is 0. The van der Waals surface area contributed by atoms with Crippen LogP contribution in [0.25, 0.3) is 0 Å². The lowest BCUT2D eigenvalue weighted by atomic mass is 9.90. The molecule has 0 saturated carbocycles. The number of carbonyl (C=O) groups excluding carboxylic acids is 1. The van der Waals surface area contributed by atoms with E-state index in [4.69, 9.17) is 5.11 Å². The van der Waals surface area contributed by atoms with Gasteiger partial charge in [0.1, 0.15) is 5.69 Å². The molecule has 2 heterocycles. The molecule has 1 saturated heterocycles. The summed E-state index contributed by atoms with van der Waals surface area (Å²) in [4.78, 5) is 28.6. The third kappa shape index (κ3) is 2.13. The summed E-state index contributed by atoms with van der Waals surface area (Å²) >= 11 is 0. The standard InChI is InChI=1S/C12H14N2O3/c1-12(11(16)17)5-7-14(8-12)10(15)9-4-2-3-6-13-9/h2-4,6H,5,7-8H2,1H3,(H,16,17). The molecule has 0 aliphatic carbocycles.